The normalized spacial score (nSPS) is 37.2. The van der Waals surface area contributed by atoms with Crippen LogP contribution in [0.3, 0.4) is 0 Å². The van der Waals surface area contributed by atoms with E-state index < -0.39 is 0 Å². The van der Waals surface area contributed by atoms with Gasteiger partial charge in [0.25, 0.3) is 0 Å². The summed E-state index contributed by atoms with van der Waals surface area (Å²) in [6.07, 6.45) is 5.92. The molecular formula is C14H28N2O. The van der Waals surface area contributed by atoms with E-state index in [9.17, 15) is 0 Å². The Morgan fingerprint density at radius 2 is 1.76 bits per heavy atom. The van der Waals surface area contributed by atoms with Crippen LogP contribution >= 0.6 is 0 Å². The smallest absolute Gasteiger partial charge is 0.0565 e. The molecule has 2 rings (SSSR count). The van der Waals surface area contributed by atoms with E-state index in [-0.39, 0.29) is 0 Å². The predicted molar refractivity (Wildman–Crippen MR) is 71.3 cm³/mol. The van der Waals surface area contributed by atoms with Gasteiger partial charge in [0.2, 0.25) is 0 Å². The van der Waals surface area contributed by atoms with E-state index in [1.807, 2.05) is 0 Å². The van der Waals surface area contributed by atoms with Gasteiger partial charge in [-0.3, -0.25) is 0 Å². The first-order chi connectivity index (χ1) is 8.13. The number of hydrogen-bond donors (Lipinski definition) is 1. The van der Waals surface area contributed by atoms with E-state index in [4.69, 9.17) is 4.74 Å². The van der Waals surface area contributed by atoms with Gasteiger partial charge in [0, 0.05) is 18.6 Å². The topological polar surface area (TPSA) is 24.5 Å². The van der Waals surface area contributed by atoms with Crippen molar-refractivity contribution < 1.29 is 4.74 Å². The first kappa shape index (κ1) is 13.3. The Labute approximate surface area is 106 Å². The summed E-state index contributed by atoms with van der Waals surface area (Å²) < 4.78 is 5.78. The second kappa shape index (κ2) is 6.17. The van der Waals surface area contributed by atoms with Crippen LogP contribution in [0.15, 0.2) is 0 Å². The zero-order valence-corrected chi connectivity index (χ0v) is 11.6. The maximum atomic E-state index is 5.78. The molecule has 1 N–H and O–H groups in total. The quantitative estimate of drug-likeness (QED) is 0.813. The largest absolute Gasteiger partial charge is 0.375 e. The highest BCUT2D eigenvalue weighted by Crippen LogP contribution is 2.19. The zero-order valence-electron chi connectivity index (χ0n) is 11.6. The third-order valence-corrected chi connectivity index (χ3v) is 3.95. The van der Waals surface area contributed by atoms with Crippen LogP contribution < -0.4 is 5.32 Å². The number of hydrogen-bond acceptors (Lipinski definition) is 3. The summed E-state index contributed by atoms with van der Waals surface area (Å²) in [6, 6.07) is 1.25. The van der Waals surface area contributed by atoms with Gasteiger partial charge < -0.3 is 15.0 Å². The van der Waals surface area contributed by atoms with Crippen molar-refractivity contribution in [3.63, 3.8) is 0 Å². The van der Waals surface area contributed by atoms with Crippen molar-refractivity contribution >= 4 is 0 Å². The Bertz CT molecular complexity index is 218. The third-order valence-electron chi connectivity index (χ3n) is 3.95. The molecule has 0 amide bonds. The molecule has 0 aromatic rings. The van der Waals surface area contributed by atoms with Gasteiger partial charge in [0.05, 0.1) is 12.2 Å². The molecule has 100 valence electrons. The van der Waals surface area contributed by atoms with Crippen LogP contribution in [0.1, 0.15) is 46.5 Å². The molecule has 3 atom stereocenters. The molecule has 0 aliphatic carbocycles. The number of nitrogens with one attached hydrogen (secondary N) is 1. The molecule has 3 unspecified atom stereocenters. The highest BCUT2D eigenvalue weighted by Gasteiger charge is 2.25. The maximum Gasteiger partial charge on any atom is 0.0565 e. The molecule has 0 spiro atoms. The molecule has 3 heteroatoms. The van der Waals surface area contributed by atoms with Crippen LogP contribution in [0, 0.1) is 0 Å². The Kier molecular flexibility index (Phi) is 4.83. The van der Waals surface area contributed by atoms with E-state index in [0.717, 1.165) is 12.8 Å². The molecule has 2 aliphatic heterocycles. The molecular weight excluding hydrogens is 212 g/mol. The highest BCUT2D eigenvalue weighted by molar-refractivity contribution is 4.82. The molecule has 0 saturated carbocycles. The lowest BCUT2D eigenvalue weighted by molar-refractivity contribution is -0.0436. The molecule has 0 aromatic heterocycles. The van der Waals surface area contributed by atoms with Crippen molar-refractivity contribution in [1.82, 2.24) is 10.2 Å². The predicted octanol–water partition coefficient (Wildman–Crippen LogP) is 2.02. The van der Waals surface area contributed by atoms with Gasteiger partial charge >= 0.3 is 0 Å². The zero-order chi connectivity index (χ0) is 12.3. The van der Waals surface area contributed by atoms with Crippen molar-refractivity contribution in [1.29, 1.82) is 0 Å². The Hall–Kier alpha value is -0.120. The number of likely N-dealkylation sites (tertiary alicyclic amines) is 1. The summed E-state index contributed by atoms with van der Waals surface area (Å²) >= 11 is 0. The van der Waals surface area contributed by atoms with Gasteiger partial charge in [0.1, 0.15) is 0 Å². The monoisotopic (exact) mass is 240 g/mol. The SMILES string of the molecule is CC(CN1CCCC1)NC1CC(C)OC(C)C1. The minimum absolute atomic E-state index is 0.412. The molecule has 2 aliphatic rings. The van der Waals surface area contributed by atoms with Gasteiger partial charge in [-0.1, -0.05) is 0 Å². The average molecular weight is 240 g/mol. The number of rotatable bonds is 4. The summed E-state index contributed by atoms with van der Waals surface area (Å²) in [6.45, 7) is 10.5. The van der Waals surface area contributed by atoms with E-state index in [1.165, 1.54) is 32.5 Å². The minimum Gasteiger partial charge on any atom is -0.375 e. The number of nitrogens with zero attached hydrogens (tertiary/aromatic N) is 1. The Balaban J connectivity index is 1.71. The van der Waals surface area contributed by atoms with Crippen molar-refractivity contribution in [2.45, 2.75) is 70.7 Å². The van der Waals surface area contributed by atoms with Crippen molar-refractivity contribution in [2.75, 3.05) is 19.6 Å². The molecule has 0 bridgehead atoms. The van der Waals surface area contributed by atoms with Gasteiger partial charge in [-0.25, -0.2) is 0 Å². The van der Waals surface area contributed by atoms with Gasteiger partial charge in [-0.2, -0.15) is 0 Å². The minimum atomic E-state index is 0.412. The second-order valence-corrected chi connectivity index (χ2v) is 6.00. The van der Waals surface area contributed by atoms with Gasteiger partial charge in [0.15, 0.2) is 0 Å². The van der Waals surface area contributed by atoms with Crippen molar-refractivity contribution in [3.05, 3.63) is 0 Å². The summed E-state index contributed by atoms with van der Waals surface area (Å²) in [7, 11) is 0. The van der Waals surface area contributed by atoms with Crippen LogP contribution in [0.25, 0.3) is 0 Å². The lowest BCUT2D eigenvalue weighted by atomic mass is 9.99. The van der Waals surface area contributed by atoms with Crippen LogP contribution in [-0.4, -0.2) is 48.8 Å². The van der Waals surface area contributed by atoms with Gasteiger partial charge in [-0.05, 0) is 59.5 Å². The molecule has 2 heterocycles. The van der Waals surface area contributed by atoms with Crippen LogP contribution in [0.5, 0.6) is 0 Å². The second-order valence-electron chi connectivity index (χ2n) is 6.00. The summed E-state index contributed by atoms with van der Waals surface area (Å²) in [5.74, 6) is 0. The fraction of sp³-hybridized carbons (Fsp3) is 1.00. The molecule has 3 nitrogen and oxygen atoms in total. The Morgan fingerprint density at radius 1 is 1.18 bits per heavy atom. The molecule has 0 aromatic carbocycles. The maximum absolute atomic E-state index is 5.78. The lowest BCUT2D eigenvalue weighted by Crippen LogP contribution is -2.48. The van der Waals surface area contributed by atoms with Crippen LogP contribution in [0.4, 0.5) is 0 Å². The first-order valence-corrected chi connectivity index (χ1v) is 7.27. The van der Waals surface area contributed by atoms with Crippen LogP contribution in [0.2, 0.25) is 0 Å². The van der Waals surface area contributed by atoms with E-state index in [1.54, 1.807) is 0 Å². The summed E-state index contributed by atoms with van der Waals surface area (Å²) in [5, 5.41) is 3.78. The van der Waals surface area contributed by atoms with E-state index in [0.29, 0.717) is 24.3 Å². The number of ether oxygens (including phenoxy) is 1. The molecule has 2 fully saturated rings. The Morgan fingerprint density at radius 3 is 2.35 bits per heavy atom. The van der Waals surface area contributed by atoms with Crippen molar-refractivity contribution in [2.24, 2.45) is 0 Å². The average Bonchev–Trinajstić information content (AvgIpc) is 2.67. The van der Waals surface area contributed by atoms with E-state index >= 15 is 0 Å². The molecule has 0 radical (unpaired) electrons. The lowest BCUT2D eigenvalue weighted by Gasteiger charge is -2.35. The fourth-order valence-electron chi connectivity index (χ4n) is 3.35. The first-order valence-electron chi connectivity index (χ1n) is 7.27. The highest BCUT2D eigenvalue weighted by atomic mass is 16.5. The summed E-state index contributed by atoms with van der Waals surface area (Å²) in [5.41, 5.74) is 0. The van der Waals surface area contributed by atoms with Gasteiger partial charge in [-0.15, -0.1) is 0 Å². The third kappa shape index (κ3) is 4.23. The van der Waals surface area contributed by atoms with Crippen molar-refractivity contribution in [3.8, 4) is 0 Å². The van der Waals surface area contributed by atoms with Crippen LogP contribution in [-0.2, 0) is 4.74 Å². The summed E-state index contributed by atoms with van der Waals surface area (Å²) in [4.78, 5) is 2.59. The standard InChI is InChI=1S/C14H28N2O/c1-11(10-16-6-4-5-7-16)15-14-8-12(2)17-13(3)9-14/h11-15H,4-10H2,1-3H3. The molecule has 2 saturated heterocycles. The fourth-order valence-corrected chi connectivity index (χ4v) is 3.35. The molecule has 17 heavy (non-hydrogen) atoms. The van der Waals surface area contributed by atoms with E-state index in [2.05, 4.69) is 31.0 Å².